The number of fused-ring (bicyclic) bond motifs is 1. The molecule has 2 fully saturated rings. The van der Waals surface area contributed by atoms with Gasteiger partial charge in [-0.2, -0.15) is 0 Å². The monoisotopic (exact) mass is 415 g/mol. The van der Waals surface area contributed by atoms with Crippen molar-refractivity contribution in [2.24, 2.45) is 0 Å². The maximum absolute atomic E-state index is 13.0. The first-order valence-corrected chi connectivity index (χ1v) is 11.1. The van der Waals surface area contributed by atoms with Crippen LogP contribution in [0.5, 0.6) is 0 Å². The van der Waals surface area contributed by atoms with Gasteiger partial charge in [0.05, 0.1) is 0 Å². The Bertz CT molecular complexity index is 1070. The van der Waals surface area contributed by atoms with E-state index in [1.807, 2.05) is 17.0 Å². The quantitative estimate of drug-likeness (QED) is 0.702. The largest absolute Gasteiger partial charge is 0.354 e. The summed E-state index contributed by atoms with van der Waals surface area (Å²) in [6, 6.07) is 18.8. The smallest absolute Gasteiger partial charge is 0.321 e. The van der Waals surface area contributed by atoms with Gasteiger partial charge in [0.25, 0.3) is 0 Å². The molecule has 31 heavy (non-hydrogen) atoms. The van der Waals surface area contributed by atoms with Gasteiger partial charge in [-0.15, -0.1) is 0 Å². The SMILES string of the molecule is CN1CCN(c2cc(NC(=O)N3CCC(c4cccc5ccccc45)C3)ccn2)CC1. The minimum atomic E-state index is -0.0294. The molecule has 1 unspecified atom stereocenters. The number of likely N-dealkylation sites (tertiary alicyclic amines) is 1. The van der Waals surface area contributed by atoms with Crippen LogP contribution in [-0.2, 0) is 0 Å². The van der Waals surface area contributed by atoms with Crippen molar-refractivity contribution in [3.8, 4) is 0 Å². The fourth-order valence-corrected chi connectivity index (χ4v) is 4.71. The first-order chi connectivity index (χ1) is 15.2. The second-order valence-corrected chi connectivity index (χ2v) is 8.62. The molecule has 2 amide bonds. The zero-order chi connectivity index (χ0) is 21.2. The van der Waals surface area contributed by atoms with Crippen LogP contribution in [0, 0.1) is 0 Å². The Morgan fingerprint density at radius 2 is 1.81 bits per heavy atom. The van der Waals surface area contributed by atoms with Crippen LogP contribution >= 0.6 is 0 Å². The van der Waals surface area contributed by atoms with Gasteiger partial charge in [0, 0.05) is 63.1 Å². The molecule has 2 aromatic carbocycles. The number of carbonyl (C=O) groups excluding carboxylic acids is 1. The molecule has 160 valence electrons. The fraction of sp³-hybridized carbons (Fsp3) is 0.360. The fourth-order valence-electron chi connectivity index (χ4n) is 4.71. The van der Waals surface area contributed by atoms with Crippen LogP contribution in [0.2, 0.25) is 0 Å². The number of urea groups is 1. The highest BCUT2D eigenvalue weighted by atomic mass is 16.2. The maximum Gasteiger partial charge on any atom is 0.321 e. The number of hydrogen-bond acceptors (Lipinski definition) is 4. The van der Waals surface area contributed by atoms with Crippen LogP contribution < -0.4 is 10.2 Å². The van der Waals surface area contributed by atoms with Gasteiger partial charge in [-0.3, -0.25) is 0 Å². The summed E-state index contributed by atoms with van der Waals surface area (Å²) >= 11 is 0. The van der Waals surface area contributed by atoms with Gasteiger partial charge < -0.3 is 20.0 Å². The Kier molecular flexibility index (Phi) is 5.47. The van der Waals surface area contributed by atoms with Gasteiger partial charge in [-0.25, -0.2) is 9.78 Å². The summed E-state index contributed by atoms with van der Waals surface area (Å²) in [6.45, 7) is 5.50. The molecule has 5 rings (SSSR count). The highest BCUT2D eigenvalue weighted by Crippen LogP contribution is 2.32. The summed E-state index contributed by atoms with van der Waals surface area (Å²) in [7, 11) is 2.14. The number of nitrogens with zero attached hydrogens (tertiary/aromatic N) is 4. The molecule has 1 atom stereocenters. The van der Waals surface area contributed by atoms with E-state index in [-0.39, 0.29) is 6.03 Å². The third-order valence-corrected chi connectivity index (χ3v) is 6.56. The Balaban J connectivity index is 1.25. The third kappa shape index (κ3) is 4.21. The first kappa shape index (κ1) is 19.8. The van der Waals surface area contributed by atoms with Gasteiger partial charge in [0.2, 0.25) is 0 Å². The second-order valence-electron chi connectivity index (χ2n) is 8.62. The zero-order valence-electron chi connectivity index (χ0n) is 18.0. The standard InChI is InChI=1S/C25H29N5O/c1-28-13-15-29(16-14-28)24-17-21(9-11-26-24)27-25(31)30-12-10-20(18-30)23-8-4-6-19-5-2-3-7-22(19)23/h2-9,11,17,20H,10,12-16,18H2,1H3,(H,26,27,31). The maximum atomic E-state index is 13.0. The molecule has 0 bridgehead atoms. The van der Waals surface area contributed by atoms with E-state index in [0.29, 0.717) is 5.92 Å². The molecular weight excluding hydrogens is 386 g/mol. The molecule has 1 aromatic heterocycles. The van der Waals surface area contributed by atoms with Crippen molar-refractivity contribution in [1.29, 1.82) is 0 Å². The number of aromatic nitrogens is 1. The van der Waals surface area contributed by atoms with Crippen molar-refractivity contribution >= 4 is 28.3 Å². The van der Waals surface area contributed by atoms with Crippen LogP contribution in [-0.4, -0.2) is 67.1 Å². The van der Waals surface area contributed by atoms with Crippen molar-refractivity contribution in [3.05, 3.63) is 66.4 Å². The van der Waals surface area contributed by atoms with E-state index in [1.54, 1.807) is 6.20 Å². The highest BCUT2D eigenvalue weighted by molar-refractivity contribution is 5.90. The molecule has 3 aromatic rings. The van der Waals surface area contributed by atoms with Crippen molar-refractivity contribution in [1.82, 2.24) is 14.8 Å². The lowest BCUT2D eigenvalue weighted by molar-refractivity contribution is 0.222. The predicted octanol–water partition coefficient (Wildman–Crippen LogP) is 4.01. The molecule has 0 saturated carbocycles. The third-order valence-electron chi connectivity index (χ3n) is 6.56. The zero-order valence-corrected chi connectivity index (χ0v) is 18.0. The number of piperazine rings is 1. The number of pyridine rings is 1. The number of rotatable bonds is 3. The van der Waals surface area contributed by atoms with E-state index in [4.69, 9.17) is 0 Å². The Morgan fingerprint density at radius 3 is 2.68 bits per heavy atom. The van der Waals surface area contributed by atoms with Gasteiger partial charge in [-0.05, 0) is 35.9 Å². The Hall–Kier alpha value is -3.12. The van der Waals surface area contributed by atoms with Crippen molar-refractivity contribution in [2.75, 3.05) is 56.5 Å². The number of hydrogen-bond donors (Lipinski definition) is 1. The minimum absolute atomic E-state index is 0.0294. The summed E-state index contributed by atoms with van der Waals surface area (Å²) in [5.74, 6) is 1.30. The van der Waals surface area contributed by atoms with E-state index in [0.717, 1.165) is 57.2 Å². The molecule has 0 aliphatic carbocycles. The van der Waals surface area contributed by atoms with Crippen molar-refractivity contribution < 1.29 is 4.79 Å². The number of anilines is 2. The van der Waals surface area contributed by atoms with Crippen molar-refractivity contribution in [3.63, 3.8) is 0 Å². The molecule has 6 nitrogen and oxygen atoms in total. The lowest BCUT2D eigenvalue weighted by Gasteiger charge is -2.33. The Morgan fingerprint density at radius 1 is 1.00 bits per heavy atom. The van der Waals surface area contributed by atoms with Crippen LogP contribution in [0.3, 0.4) is 0 Å². The summed E-state index contributed by atoms with van der Waals surface area (Å²) < 4.78 is 0. The lowest BCUT2D eigenvalue weighted by Crippen LogP contribution is -2.44. The van der Waals surface area contributed by atoms with E-state index < -0.39 is 0 Å². The molecule has 6 heteroatoms. The summed E-state index contributed by atoms with van der Waals surface area (Å²) in [5.41, 5.74) is 2.15. The minimum Gasteiger partial charge on any atom is -0.354 e. The van der Waals surface area contributed by atoms with E-state index in [2.05, 4.69) is 69.6 Å². The number of amides is 2. The number of benzene rings is 2. The predicted molar refractivity (Wildman–Crippen MR) is 126 cm³/mol. The van der Waals surface area contributed by atoms with Crippen LogP contribution in [0.4, 0.5) is 16.3 Å². The van der Waals surface area contributed by atoms with E-state index >= 15 is 0 Å². The molecule has 2 aliphatic rings. The van der Waals surface area contributed by atoms with Crippen LogP contribution in [0.15, 0.2) is 60.8 Å². The van der Waals surface area contributed by atoms with Gasteiger partial charge >= 0.3 is 6.03 Å². The van der Waals surface area contributed by atoms with Gasteiger partial charge in [0.15, 0.2) is 0 Å². The van der Waals surface area contributed by atoms with E-state index in [1.165, 1.54) is 16.3 Å². The molecule has 3 heterocycles. The summed E-state index contributed by atoms with van der Waals surface area (Å²) in [6.07, 6.45) is 2.77. The molecule has 1 N–H and O–H groups in total. The average molecular weight is 416 g/mol. The van der Waals surface area contributed by atoms with Crippen molar-refractivity contribution in [2.45, 2.75) is 12.3 Å². The lowest BCUT2D eigenvalue weighted by atomic mass is 9.93. The average Bonchev–Trinajstić information content (AvgIpc) is 3.30. The normalized spacial score (nSPS) is 19.7. The molecule has 0 radical (unpaired) electrons. The number of carbonyl (C=O) groups is 1. The number of nitrogens with one attached hydrogen (secondary N) is 1. The first-order valence-electron chi connectivity index (χ1n) is 11.1. The summed E-state index contributed by atoms with van der Waals surface area (Å²) in [5, 5.41) is 5.65. The number of likely N-dealkylation sites (N-methyl/N-ethyl adjacent to an activating group) is 1. The van der Waals surface area contributed by atoms with Crippen LogP contribution in [0.25, 0.3) is 10.8 Å². The Labute approximate surface area is 183 Å². The van der Waals surface area contributed by atoms with E-state index in [9.17, 15) is 4.79 Å². The van der Waals surface area contributed by atoms with Gasteiger partial charge in [-0.1, -0.05) is 42.5 Å². The van der Waals surface area contributed by atoms with Crippen LogP contribution in [0.1, 0.15) is 17.9 Å². The second kappa shape index (κ2) is 8.55. The summed E-state index contributed by atoms with van der Waals surface area (Å²) in [4.78, 5) is 24.0. The molecule has 0 spiro atoms. The molecule has 2 aliphatic heterocycles. The van der Waals surface area contributed by atoms with Gasteiger partial charge in [0.1, 0.15) is 5.82 Å². The molecule has 2 saturated heterocycles. The topological polar surface area (TPSA) is 51.7 Å². The molecular formula is C25H29N5O. The highest BCUT2D eigenvalue weighted by Gasteiger charge is 2.28.